The summed E-state index contributed by atoms with van der Waals surface area (Å²) < 4.78 is 0. The van der Waals surface area contributed by atoms with Crippen LogP contribution in [0.15, 0.2) is 0 Å². The molecular weight excluding hydrogens is 404 g/mol. The first-order valence-electron chi connectivity index (χ1n) is 8.98. The number of aliphatic carboxylic acids is 1. The van der Waals surface area contributed by atoms with Gasteiger partial charge in [-0.05, 0) is 6.42 Å². The van der Waals surface area contributed by atoms with Crippen LogP contribution in [0.3, 0.4) is 0 Å². The number of hydrogen-bond acceptors (Lipinski definition) is 13. The van der Waals surface area contributed by atoms with Gasteiger partial charge >= 0.3 is 17.9 Å². The topological polar surface area (TPSA) is 164 Å². The molecule has 158 valence electrons. The molecule has 0 amide bonds. The lowest BCUT2D eigenvalue weighted by atomic mass is 9.75. The molecule has 14 nitrogen and oxygen atoms in total. The van der Waals surface area contributed by atoms with Crippen LogP contribution in [0.5, 0.6) is 0 Å². The number of carbonyl (C=O) groups is 3. The summed E-state index contributed by atoms with van der Waals surface area (Å²) in [5.41, 5.74) is 0. The molecule has 6 rings (SSSR count). The normalized spacial score (nSPS) is 52.9. The van der Waals surface area contributed by atoms with Gasteiger partial charge in [-0.2, -0.15) is 0 Å². The van der Waals surface area contributed by atoms with Crippen molar-refractivity contribution in [1.29, 1.82) is 0 Å². The van der Waals surface area contributed by atoms with Gasteiger partial charge in [-0.3, -0.25) is 4.79 Å². The Morgan fingerprint density at radius 2 is 1.10 bits per heavy atom. The summed E-state index contributed by atoms with van der Waals surface area (Å²) >= 11 is 0. The van der Waals surface area contributed by atoms with Crippen LogP contribution in [0.25, 0.3) is 0 Å². The fourth-order valence-corrected chi connectivity index (χ4v) is 4.71. The standard InChI is InChI=1S/C15H14O14/c16-13(17)2-1-3-6-9-5(2)20-27-12-10-7(22-21-6)4(15(19)29-28-14(3)18)8(23-24-9)11(12)26-25-10/h2-12H,1H2,(H,16,17). The second-order valence-corrected chi connectivity index (χ2v) is 7.60. The number of carbonyl (C=O) groups excluding carboxylic acids is 2. The van der Waals surface area contributed by atoms with Crippen molar-refractivity contribution in [2.24, 2.45) is 17.8 Å². The van der Waals surface area contributed by atoms with Crippen molar-refractivity contribution < 1.29 is 68.4 Å². The van der Waals surface area contributed by atoms with E-state index in [1.807, 2.05) is 0 Å². The van der Waals surface area contributed by atoms with Crippen LogP contribution in [0.4, 0.5) is 0 Å². The molecule has 29 heavy (non-hydrogen) atoms. The van der Waals surface area contributed by atoms with Gasteiger partial charge in [-0.15, -0.1) is 0 Å². The van der Waals surface area contributed by atoms with E-state index in [-0.39, 0.29) is 6.42 Å². The minimum Gasteiger partial charge on any atom is -0.481 e. The van der Waals surface area contributed by atoms with Crippen LogP contribution in [0.1, 0.15) is 6.42 Å². The van der Waals surface area contributed by atoms with Crippen LogP contribution >= 0.6 is 0 Å². The molecule has 0 aromatic heterocycles. The molecule has 11 atom stereocenters. The Morgan fingerprint density at radius 1 is 0.655 bits per heavy atom. The molecule has 0 aromatic rings. The van der Waals surface area contributed by atoms with Crippen molar-refractivity contribution in [2.75, 3.05) is 0 Å². The number of fused-ring (bicyclic) bond motifs is 2. The van der Waals surface area contributed by atoms with E-state index in [9.17, 15) is 19.5 Å². The van der Waals surface area contributed by atoms with E-state index < -0.39 is 84.5 Å². The minimum absolute atomic E-state index is 0.282. The molecule has 0 spiro atoms. The monoisotopic (exact) mass is 418 g/mol. The smallest absolute Gasteiger partial charge is 0.364 e. The minimum atomic E-state index is -1.28. The van der Waals surface area contributed by atoms with Crippen LogP contribution in [0, 0.1) is 17.8 Å². The second kappa shape index (κ2) is 6.29. The summed E-state index contributed by atoms with van der Waals surface area (Å²) in [7, 11) is 0. The molecule has 2 aliphatic carbocycles. The molecule has 14 heteroatoms. The predicted molar refractivity (Wildman–Crippen MR) is 73.9 cm³/mol. The van der Waals surface area contributed by atoms with E-state index in [4.69, 9.17) is 48.9 Å². The third-order valence-corrected chi connectivity index (χ3v) is 6.16. The maximum Gasteiger partial charge on any atom is 0.364 e. The third-order valence-electron chi connectivity index (χ3n) is 6.16. The Hall–Kier alpha value is -1.91. The SMILES string of the molecule is O=C(O)C1CC2C(=O)OOC(=O)C3C4OOC2C2OOC3C3OOC4C3OOC12. The average Bonchev–Trinajstić information content (AvgIpc) is 3.07. The molecule has 4 saturated heterocycles. The van der Waals surface area contributed by atoms with Gasteiger partial charge in [-0.25, -0.2) is 58.5 Å². The highest BCUT2D eigenvalue weighted by Crippen LogP contribution is 2.47. The highest BCUT2D eigenvalue weighted by Gasteiger charge is 2.68. The lowest BCUT2D eigenvalue weighted by Crippen LogP contribution is -2.63. The quantitative estimate of drug-likeness (QED) is 0.471. The fourth-order valence-electron chi connectivity index (χ4n) is 4.71. The maximum absolute atomic E-state index is 12.7. The molecule has 2 saturated carbocycles. The summed E-state index contributed by atoms with van der Waals surface area (Å²) in [6.07, 6.45) is -9.29. The van der Waals surface area contributed by atoms with Gasteiger partial charge in [0.2, 0.25) is 0 Å². The zero-order valence-corrected chi connectivity index (χ0v) is 14.3. The van der Waals surface area contributed by atoms with Crippen LogP contribution in [-0.2, 0) is 63.3 Å². The first kappa shape index (κ1) is 17.9. The van der Waals surface area contributed by atoms with Crippen molar-refractivity contribution in [3.63, 3.8) is 0 Å². The van der Waals surface area contributed by atoms with Crippen LogP contribution in [-0.4, -0.2) is 71.8 Å². The summed E-state index contributed by atoms with van der Waals surface area (Å²) in [6.45, 7) is 0. The predicted octanol–water partition coefficient (Wildman–Crippen LogP) is -1.87. The van der Waals surface area contributed by atoms with Gasteiger partial charge in [0.1, 0.15) is 30.3 Å². The Labute approximate surface area is 160 Å². The Balaban J connectivity index is 1.53. The molecule has 6 fully saturated rings. The van der Waals surface area contributed by atoms with Gasteiger partial charge in [0.25, 0.3) is 0 Å². The van der Waals surface area contributed by atoms with Crippen molar-refractivity contribution in [3.8, 4) is 0 Å². The lowest BCUT2D eigenvalue weighted by molar-refractivity contribution is -0.464. The Morgan fingerprint density at radius 3 is 1.72 bits per heavy atom. The summed E-state index contributed by atoms with van der Waals surface area (Å²) in [5.74, 6) is -7.03. The van der Waals surface area contributed by atoms with Gasteiger partial charge in [0, 0.05) is 0 Å². The molecule has 0 aromatic carbocycles. The average molecular weight is 418 g/mol. The van der Waals surface area contributed by atoms with Gasteiger partial charge in [-0.1, -0.05) is 0 Å². The van der Waals surface area contributed by atoms with Crippen molar-refractivity contribution in [1.82, 2.24) is 0 Å². The summed E-state index contributed by atoms with van der Waals surface area (Å²) in [6, 6.07) is 0. The number of carboxylic acid groups (broad SMARTS) is 1. The second-order valence-electron chi connectivity index (χ2n) is 7.60. The zero-order chi connectivity index (χ0) is 19.9. The largest absolute Gasteiger partial charge is 0.481 e. The summed E-state index contributed by atoms with van der Waals surface area (Å²) in [4.78, 5) is 89.8. The lowest BCUT2D eigenvalue weighted by Gasteiger charge is -2.43. The highest BCUT2D eigenvalue weighted by molar-refractivity contribution is 5.79. The van der Waals surface area contributed by atoms with Gasteiger partial charge in [0.15, 0.2) is 24.4 Å². The molecular formula is C15H14O14. The summed E-state index contributed by atoms with van der Waals surface area (Å²) in [5, 5.41) is 9.67. The van der Waals surface area contributed by atoms with Crippen molar-refractivity contribution >= 4 is 17.9 Å². The van der Waals surface area contributed by atoms with Crippen LogP contribution in [0.2, 0.25) is 0 Å². The first-order chi connectivity index (χ1) is 14.0. The first-order valence-corrected chi connectivity index (χ1v) is 8.98. The number of hydrogen-bond donors (Lipinski definition) is 1. The van der Waals surface area contributed by atoms with E-state index in [2.05, 4.69) is 0 Å². The molecule has 6 aliphatic rings. The Bertz CT molecular complexity index is 755. The number of carboxylic acids is 1. The van der Waals surface area contributed by atoms with Crippen molar-refractivity contribution in [2.45, 2.75) is 55.3 Å². The molecule has 8 bridgehead atoms. The van der Waals surface area contributed by atoms with Gasteiger partial charge in [0.05, 0.1) is 11.8 Å². The van der Waals surface area contributed by atoms with Crippen LogP contribution < -0.4 is 0 Å². The van der Waals surface area contributed by atoms with E-state index >= 15 is 0 Å². The molecule has 4 aliphatic heterocycles. The number of rotatable bonds is 1. The van der Waals surface area contributed by atoms with E-state index in [0.717, 1.165) is 0 Å². The highest BCUT2D eigenvalue weighted by atomic mass is 17.3. The third kappa shape index (κ3) is 2.42. The fraction of sp³-hybridized carbons (Fsp3) is 0.800. The molecule has 11 unspecified atom stereocenters. The van der Waals surface area contributed by atoms with E-state index in [1.54, 1.807) is 0 Å². The van der Waals surface area contributed by atoms with E-state index in [0.29, 0.717) is 0 Å². The van der Waals surface area contributed by atoms with E-state index in [1.165, 1.54) is 0 Å². The maximum atomic E-state index is 12.7. The molecule has 0 radical (unpaired) electrons. The van der Waals surface area contributed by atoms with Crippen molar-refractivity contribution in [3.05, 3.63) is 0 Å². The van der Waals surface area contributed by atoms with Gasteiger partial charge < -0.3 is 5.11 Å². The Kier molecular flexibility index (Phi) is 3.89. The zero-order valence-electron chi connectivity index (χ0n) is 14.3. The molecule has 1 N–H and O–H groups in total. The molecule has 4 heterocycles.